The number of aromatic nitrogens is 1. The number of carbonyl (C=O) groups excluding carboxylic acids is 1. The Hall–Kier alpha value is -2.04. The van der Waals surface area contributed by atoms with Crippen LogP contribution < -0.4 is 10.2 Å². The van der Waals surface area contributed by atoms with Gasteiger partial charge in [0.25, 0.3) is 6.01 Å². The average molecular weight is 289 g/mol. The van der Waals surface area contributed by atoms with Gasteiger partial charge in [0.05, 0.1) is 0 Å². The number of carbonyl (C=O) groups is 1. The van der Waals surface area contributed by atoms with Crippen molar-refractivity contribution in [3.05, 3.63) is 23.8 Å². The predicted octanol–water partition coefficient (Wildman–Crippen LogP) is 2.70. The highest BCUT2D eigenvalue weighted by Gasteiger charge is 2.17. The lowest BCUT2D eigenvalue weighted by atomic mass is 9.87. The summed E-state index contributed by atoms with van der Waals surface area (Å²) in [5.41, 5.74) is 2.93. The molecular formula is C16H23N3O2. The van der Waals surface area contributed by atoms with Crippen LogP contribution in [0.25, 0.3) is 11.1 Å². The van der Waals surface area contributed by atoms with Crippen molar-refractivity contribution < 1.29 is 9.21 Å². The van der Waals surface area contributed by atoms with E-state index < -0.39 is 0 Å². The molecule has 2 rings (SSSR count). The molecule has 5 nitrogen and oxygen atoms in total. The van der Waals surface area contributed by atoms with Gasteiger partial charge >= 0.3 is 0 Å². The van der Waals surface area contributed by atoms with E-state index in [4.69, 9.17) is 4.42 Å². The minimum Gasteiger partial charge on any atom is -0.423 e. The molecule has 5 heteroatoms. The number of anilines is 1. The zero-order valence-corrected chi connectivity index (χ0v) is 13.4. The van der Waals surface area contributed by atoms with Crippen molar-refractivity contribution in [1.82, 2.24) is 10.3 Å². The monoisotopic (exact) mass is 289 g/mol. The highest BCUT2D eigenvalue weighted by molar-refractivity contribution is 5.77. The normalized spacial score (nSPS) is 11.7. The van der Waals surface area contributed by atoms with Crippen molar-refractivity contribution in [3.8, 4) is 0 Å². The van der Waals surface area contributed by atoms with Gasteiger partial charge < -0.3 is 14.6 Å². The lowest BCUT2D eigenvalue weighted by Gasteiger charge is -2.18. The molecule has 0 saturated carbocycles. The highest BCUT2D eigenvalue weighted by Crippen LogP contribution is 2.28. The molecule has 1 N–H and O–H groups in total. The van der Waals surface area contributed by atoms with Crippen molar-refractivity contribution in [2.45, 2.75) is 32.6 Å². The van der Waals surface area contributed by atoms with Gasteiger partial charge in [-0.3, -0.25) is 4.79 Å². The van der Waals surface area contributed by atoms with E-state index in [9.17, 15) is 4.79 Å². The van der Waals surface area contributed by atoms with Crippen LogP contribution in [-0.4, -0.2) is 31.5 Å². The van der Waals surface area contributed by atoms with Gasteiger partial charge in [-0.15, -0.1) is 0 Å². The number of nitrogens with zero attached hydrogens (tertiary/aromatic N) is 2. The molecule has 0 atom stereocenters. The summed E-state index contributed by atoms with van der Waals surface area (Å²) in [7, 11) is 3.51. The van der Waals surface area contributed by atoms with Gasteiger partial charge in [-0.2, -0.15) is 4.98 Å². The van der Waals surface area contributed by atoms with Crippen molar-refractivity contribution in [2.75, 3.05) is 25.5 Å². The average Bonchev–Trinajstić information content (AvgIpc) is 2.86. The van der Waals surface area contributed by atoms with Crippen LogP contribution in [0.4, 0.5) is 6.01 Å². The molecule has 21 heavy (non-hydrogen) atoms. The summed E-state index contributed by atoms with van der Waals surface area (Å²) in [5.74, 6) is 0.00739. The van der Waals surface area contributed by atoms with Gasteiger partial charge in [0, 0.05) is 27.1 Å². The first-order valence-corrected chi connectivity index (χ1v) is 7.14. The molecule has 1 aromatic heterocycles. The molecule has 0 aliphatic carbocycles. The number of hydrogen-bond donors (Lipinski definition) is 1. The van der Waals surface area contributed by atoms with Gasteiger partial charge in [-0.05, 0) is 23.1 Å². The molecule has 114 valence electrons. The molecule has 1 aromatic carbocycles. The largest absolute Gasteiger partial charge is 0.423 e. The molecule has 0 aliphatic rings. The van der Waals surface area contributed by atoms with Crippen LogP contribution >= 0.6 is 0 Å². The highest BCUT2D eigenvalue weighted by atomic mass is 16.4. The topological polar surface area (TPSA) is 58.4 Å². The first-order valence-electron chi connectivity index (χ1n) is 7.14. The number of oxazole rings is 1. The second-order valence-corrected chi connectivity index (χ2v) is 6.27. The molecular weight excluding hydrogens is 266 g/mol. The molecule has 0 saturated heterocycles. The number of rotatable bonds is 4. The van der Waals surface area contributed by atoms with Gasteiger partial charge in [0.1, 0.15) is 5.52 Å². The SMILES string of the molecule is CNC(=O)CCN(C)c1nc2cc(C(C)(C)C)ccc2o1. The summed E-state index contributed by atoms with van der Waals surface area (Å²) in [6.45, 7) is 7.08. The van der Waals surface area contributed by atoms with E-state index in [0.29, 0.717) is 19.0 Å². The summed E-state index contributed by atoms with van der Waals surface area (Å²) in [6, 6.07) is 6.63. The van der Waals surface area contributed by atoms with E-state index >= 15 is 0 Å². The quantitative estimate of drug-likeness (QED) is 0.940. The Kier molecular flexibility index (Phi) is 4.21. The van der Waals surface area contributed by atoms with E-state index in [1.54, 1.807) is 7.05 Å². The number of fused-ring (bicyclic) bond motifs is 1. The third-order valence-corrected chi connectivity index (χ3v) is 3.52. The maximum Gasteiger partial charge on any atom is 0.298 e. The Morgan fingerprint density at radius 1 is 1.38 bits per heavy atom. The van der Waals surface area contributed by atoms with Crippen LogP contribution in [0, 0.1) is 0 Å². The third kappa shape index (κ3) is 3.54. The van der Waals surface area contributed by atoms with Crippen molar-refractivity contribution in [3.63, 3.8) is 0 Å². The molecule has 0 radical (unpaired) electrons. The Morgan fingerprint density at radius 3 is 2.71 bits per heavy atom. The summed E-state index contributed by atoms with van der Waals surface area (Å²) in [5, 5.41) is 2.61. The second kappa shape index (κ2) is 5.76. The van der Waals surface area contributed by atoms with Crippen LogP contribution in [-0.2, 0) is 10.2 Å². The number of nitrogens with one attached hydrogen (secondary N) is 1. The third-order valence-electron chi connectivity index (χ3n) is 3.52. The van der Waals surface area contributed by atoms with Gasteiger partial charge in [0.15, 0.2) is 5.58 Å². The molecule has 0 aliphatic heterocycles. The number of hydrogen-bond acceptors (Lipinski definition) is 4. The van der Waals surface area contributed by atoms with Crippen LogP contribution in [0.5, 0.6) is 0 Å². The maximum atomic E-state index is 11.3. The number of benzene rings is 1. The first-order chi connectivity index (χ1) is 9.81. The zero-order valence-electron chi connectivity index (χ0n) is 13.4. The van der Waals surface area contributed by atoms with Crippen LogP contribution in [0.1, 0.15) is 32.8 Å². The molecule has 0 fully saturated rings. The smallest absolute Gasteiger partial charge is 0.298 e. The summed E-state index contributed by atoms with van der Waals surface area (Å²) in [4.78, 5) is 17.7. The molecule has 1 amide bonds. The summed E-state index contributed by atoms with van der Waals surface area (Å²) < 4.78 is 5.75. The van der Waals surface area contributed by atoms with Crippen molar-refractivity contribution in [2.24, 2.45) is 0 Å². The first kappa shape index (κ1) is 15.4. The van der Waals surface area contributed by atoms with E-state index in [0.717, 1.165) is 11.1 Å². The Morgan fingerprint density at radius 2 is 2.10 bits per heavy atom. The van der Waals surface area contributed by atoms with Gasteiger partial charge in [0.2, 0.25) is 5.91 Å². The lowest BCUT2D eigenvalue weighted by Crippen LogP contribution is -2.26. The van der Waals surface area contributed by atoms with Crippen molar-refractivity contribution >= 4 is 23.0 Å². The van der Waals surface area contributed by atoms with Crippen molar-refractivity contribution in [1.29, 1.82) is 0 Å². The maximum absolute atomic E-state index is 11.3. The fourth-order valence-electron chi connectivity index (χ4n) is 2.03. The van der Waals surface area contributed by atoms with Crippen LogP contribution in [0.3, 0.4) is 0 Å². The Labute approximate surface area is 125 Å². The second-order valence-electron chi connectivity index (χ2n) is 6.27. The zero-order chi connectivity index (χ0) is 15.6. The van der Waals surface area contributed by atoms with Crippen LogP contribution in [0.15, 0.2) is 22.6 Å². The van der Waals surface area contributed by atoms with Gasteiger partial charge in [-0.25, -0.2) is 0 Å². The Bertz CT molecular complexity index is 640. The standard InChI is InChI=1S/C16H23N3O2/c1-16(2,3)11-6-7-13-12(10-11)18-15(21-13)19(5)9-8-14(20)17-4/h6-7,10H,8-9H2,1-5H3,(H,17,20). The summed E-state index contributed by atoms with van der Waals surface area (Å²) in [6.07, 6.45) is 0.416. The van der Waals surface area contributed by atoms with E-state index in [1.165, 1.54) is 5.56 Å². The van der Waals surface area contributed by atoms with E-state index in [-0.39, 0.29) is 11.3 Å². The lowest BCUT2D eigenvalue weighted by molar-refractivity contribution is -0.120. The van der Waals surface area contributed by atoms with E-state index in [1.807, 2.05) is 18.0 Å². The fraction of sp³-hybridized carbons (Fsp3) is 0.500. The minimum absolute atomic E-state index is 0.00739. The molecule has 0 bridgehead atoms. The molecule has 1 heterocycles. The van der Waals surface area contributed by atoms with Crippen LogP contribution in [0.2, 0.25) is 0 Å². The molecule has 0 unspecified atom stereocenters. The summed E-state index contributed by atoms with van der Waals surface area (Å²) >= 11 is 0. The predicted molar refractivity (Wildman–Crippen MR) is 84.7 cm³/mol. The van der Waals surface area contributed by atoms with E-state index in [2.05, 4.69) is 43.2 Å². The molecule has 0 spiro atoms. The fourth-order valence-corrected chi connectivity index (χ4v) is 2.03. The Balaban J connectivity index is 2.20. The number of amides is 1. The van der Waals surface area contributed by atoms with Gasteiger partial charge in [-0.1, -0.05) is 26.8 Å². The minimum atomic E-state index is 0.00739. The molecule has 2 aromatic rings.